The molecule has 0 aliphatic heterocycles. The molecular formula is C14H17N3O. The zero-order valence-electron chi connectivity index (χ0n) is 10.3. The number of carbonyl (C=O) groups is 1. The maximum atomic E-state index is 12.1. The molecule has 1 heterocycles. The third-order valence-electron chi connectivity index (χ3n) is 2.91. The first-order valence-electron chi connectivity index (χ1n) is 6.14. The van der Waals surface area contributed by atoms with E-state index in [4.69, 9.17) is 6.42 Å². The van der Waals surface area contributed by atoms with Gasteiger partial charge in [0.05, 0.1) is 13.1 Å². The number of carbonyl (C=O) groups excluding carboxylic acids is 1. The monoisotopic (exact) mass is 243 g/mol. The third-order valence-corrected chi connectivity index (χ3v) is 2.91. The average molecular weight is 243 g/mol. The smallest absolute Gasteiger partial charge is 0.237 e. The molecule has 0 atom stereocenters. The van der Waals surface area contributed by atoms with Gasteiger partial charge in [0.1, 0.15) is 0 Å². The van der Waals surface area contributed by atoms with E-state index in [1.165, 1.54) is 0 Å². The summed E-state index contributed by atoms with van der Waals surface area (Å²) in [6.07, 6.45) is 10.9. The Morgan fingerprint density at radius 3 is 2.83 bits per heavy atom. The van der Waals surface area contributed by atoms with Crippen LogP contribution in [0.4, 0.5) is 0 Å². The minimum absolute atomic E-state index is 0.115. The van der Waals surface area contributed by atoms with E-state index < -0.39 is 0 Å². The molecule has 1 fully saturated rings. The summed E-state index contributed by atoms with van der Waals surface area (Å²) in [7, 11) is 0. The van der Waals surface area contributed by atoms with Crippen molar-refractivity contribution in [3.63, 3.8) is 0 Å². The normalized spacial score (nSPS) is 13.9. The van der Waals surface area contributed by atoms with Gasteiger partial charge in [-0.2, -0.15) is 0 Å². The van der Waals surface area contributed by atoms with Gasteiger partial charge in [-0.1, -0.05) is 5.92 Å². The molecule has 2 rings (SSSR count). The van der Waals surface area contributed by atoms with Crippen LogP contribution in [0.15, 0.2) is 24.5 Å². The summed E-state index contributed by atoms with van der Waals surface area (Å²) in [6.45, 7) is 1.40. The van der Waals surface area contributed by atoms with Crippen molar-refractivity contribution >= 4 is 5.91 Å². The van der Waals surface area contributed by atoms with Gasteiger partial charge in [-0.3, -0.25) is 15.1 Å². The van der Waals surface area contributed by atoms with Gasteiger partial charge in [0.2, 0.25) is 5.91 Å². The van der Waals surface area contributed by atoms with Gasteiger partial charge in [0.15, 0.2) is 0 Å². The predicted molar refractivity (Wildman–Crippen MR) is 69.5 cm³/mol. The first kappa shape index (κ1) is 12.6. The highest BCUT2D eigenvalue weighted by molar-refractivity contribution is 5.79. The van der Waals surface area contributed by atoms with Crippen molar-refractivity contribution in [3.8, 4) is 12.3 Å². The lowest BCUT2D eigenvalue weighted by Gasteiger charge is -2.22. The predicted octanol–water partition coefficient (Wildman–Crippen LogP) is 0.795. The summed E-state index contributed by atoms with van der Waals surface area (Å²) in [6, 6.07) is 4.29. The molecule has 1 N–H and O–H groups in total. The zero-order valence-corrected chi connectivity index (χ0v) is 10.3. The highest BCUT2D eigenvalue weighted by Gasteiger charge is 2.32. The highest BCUT2D eigenvalue weighted by Crippen LogP contribution is 2.28. The molecule has 0 bridgehead atoms. The highest BCUT2D eigenvalue weighted by atomic mass is 16.2. The number of amides is 1. The van der Waals surface area contributed by atoms with E-state index in [0.29, 0.717) is 25.7 Å². The lowest BCUT2D eigenvalue weighted by molar-refractivity contribution is -0.131. The Kier molecular flexibility index (Phi) is 4.32. The van der Waals surface area contributed by atoms with Crippen molar-refractivity contribution in [2.45, 2.75) is 25.4 Å². The van der Waals surface area contributed by atoms with Crippen LogP contribution in [0.2, 0.25) is 0 Å². The van der Waals surface area contributed by atoms with Gasteiger partial charge in [-0.15, -0.1) is 6.42 Å². The number of terminal acetylenes is 1. The summed E-state index contributed by atoms with van der Waals surface area (Å²) in [5.74, 6) is 2.58. The van der Waals surface area contributed by atoms with Crippen molar-refractivity contribution < 1.29 is 4.79 Å². The van der Waals surface area contributed by atoms with Crippen LogP contribution in [-0.4, -0.2) is 34.9 Å². The number of nitrogens with one attached hydrogen (secondary N) is 1. The summed E-state index contributed by atoms with van der Waals surface area (Å²) in [5.41, 5.74) is 1.11. The van der Waals surface area contributed by atoms with Crippen LogP contribution in [0.25, 0.3) is 0 Å². The Labute approximate surface area is 107 Å². The molecule has 1 amide bonds. The molecule has 1 aliphatic rings. The number of pyridine rings is 1. The number of rotatable bonds is 6. The van der Waals surface area contributed by atoms with Crippen LogP contribution in [0.1, 0.15) is 18.4 Å². The van der Waals surface area contributed by atoms with E-state index >= 15 is 0 Å². The van der Waals surface area contributed by atoms with Gasteiger partial charge >= 0.3 is 0 Å². The van der Waals surface area contributed by atoms with Crippen LogP contribution in [-0.2, 0) is 11.3 Å². The standard InChI is InChI=1S/C14H17N3O/c1-2-7-16-10-14(18)17(13-3-4-13)11-12-5-8-15-9-6-12/h1,5-6,8-9,13,16H,3-4,7,10-11H2. The lowest BCUT2D eigenvalue weighted by atomic mass is 10.2. The third kappa shape index (κ3) is 3.57. The summed E-state index contributed by atoms with van der Waals surface area (Å²) in [4.78, 5) is 18.0. The van der Waals surface area contributed by atoms with E-state index in [9.17, 15) is 4.79 Å². The zero-order chi connectivity index (χ0) is 12.8. The lowest BCUT2D eigenvalue weighted by Crippen LogP contribution is -2.39. The Morgan fingerprint density at radius 1 is 1.50 bits per heavy atom. The fraction of sp³-hybridized carbons (Fsp3) is 0.429. The van der Waals surface area contributed by atoms with E-state index in [0.717, 1.165) is 18.4 Å². The van der Waals surface area contributed by atoms with Crippen LogP contribution in [0.5, 0.6) is 0 Å². The molecule has 4 heteroatoms. The summed E-state index contributed by atoms with van der Waals surface area (Å²) >= 11 is 0. The van der Waals surface area contributed by atoms with Crippen molar-refractivity contribution in [1.29, 1.82) is 0 Å². The Balaban J connectivity index is 1.92. The first-order chi connectivity index (χ1) is 8.81. The van der Waals surface area contributed by atoms with Gasteiger partial charge < -0.3 is 4.90 Å². The van der Waals surface area contributed by atoms with Crippen molar-refractivity contribution in [1.82, 2.24) is 15.2 Å². The quantitative estimate of drug-likeness (QED) is 0.593. The van der Waals surface area contributed by atoms with Crippen LogP contribution >= 0.6 is 0 Å². The van der Waals surface area contributed by atoms with Crippen molar-refractivity contribution in [2.24, 2.45) is 0 Å². The topological polar surface area (TPSA) is 45.2 Å². The molecule has 1 aliphatic carbocycles. The van der Waals surface area contributed by atoms with Gasteiger partial charge in [-0.05, 0) is 30.5 Å². The molecule has 0 spiro atoms. The summed E-state index contributed by atoms with van der Waals surface area (Å²) in [5, 5.41) is 2.94. The molecule has 0 saturated heterocycles. The average Bonchev–Trinajstić information content (AvgIpc) is 3.21. The van der Waals surface area contributed by atoms with Gasteiger partial charge in [-0.25, -0.2) is 0 Å². The maximum absolute atomic E-state index is 12.1. The minimum Gasteiger partial charge on any atom is -0.334 e. The Hall–Kier alpha value is -1.86. The van der Waals surface area contributed by atoms with Crippen molar-refractivity contribution in [3.05, 3.63) is 30.1 Å². The molecular weight excluding hydrogens is 226 g/mol. The molecule has 4 nitrogen and oxygen atoms in total. The second-order valence-electron chi connectivity index (χ2n) is 4.42. The fourth-order valence-electron chi connectivity index (χ4n) is 1.84. The van der Waals surface area contributed by atoms with Crippen LogP contribution in [0, 0.1) is 12.3 Å². The van der Waals surface area contributed by atoms with Gasteiger partial charge in [0, 0.05) is 25.0 Å². The number of hydrogen-bond donors (Lipinski definition) is 1. The van der Waals surface area contributed by atoms with E-state index in [1.807, 2.05) is 17.0 Å². The molecule has 1 aromatic heterocycles. The van der Waals surface area contributed by atoms with Crippen LogP contribution in [0.3, 0.4) is 0 Å². The summed E-state index contributed by atoms with van der Waals surface area (Å²) < 4.78 is 0. The molecule has 0 unspecified atom stereocenters. The second kappa shape index (κ2) is 6.18. The number of hydrogen-bond acceptors (Lipinski definition) is 3. The number of nitrogens with zero attached hydrogens (tertiary/aromatic N) is 2. The minimum atomic E-state index is 0.115. The molecule has 18 heavy (non-hydrogen) atoms. The Bertz CT molecular complexity index is 434. The first-order valence-corrected chi connectivity index (χ1v) is 6.14. The fourth-order valence-corrected chi connectivity index (χ4v) is 1.84. The van der Waals surface area contributed by atoms with Crippen LogP contribution < -0.4 is 5.32 Å². The van der Waals surface area contributed by atoms with E-state index in [1.54, 1.807) is 12.4 Å². The molecule has 94 valence electrons. The van der Waals surface area contributed by atoms with E-state index in [2.05, 4.69) is 16.2 Å². The van der Waals surface area contributed by atoms with E-state index in [-0.39, 0.29) is 5.91 Å². The molecule has 1 aromatic rings. The SMILES string of the molecule is C#CCNCC(=O)N(Cc1ccncc1)C1CC1. The Morgan fingerprint density at radius 2 is 2.22 bits per heavy atom. The molecule has 1 saturated carbocycles. The van der Waals surface area contributed by atoms with Crippen molar-refractivity contribution in [2.75, 3.05) is 13.1 Å². The maximum Gasteiger partial charge on any atom is 0.237 e. The second-order valence-corrected chi connectivity index (χ2v) is 4.42. The molecule has 0 aromatic carbocycles. The van der Waals surface area contributed by atoms with Gasteiger partial charge in [0.25, 0.3) is 0 Å². The largest absolute Gasteiger partial charge is 0.334 e. The number of aromatic nitrogens is 1. The molecule has 0 radical (unpaired) electrons.